The standard InChI is InChI=1S/C25H30N4O2/c1-19-17-23(27-31-19)18-28-13-15-29(16-14-28)20(2)25(30)26-24(21-9-5-3-6-10-21)22-11-7-4-8-12-22/h3-12,17,20,24H,13-16,18H2,1-2H3,(H,26,30)/t20-/m1/s1. The molecule has 0 radical (unpaired) electrons. The molecular formula is C25H30N4O2. The lowest BCUT2D eigenvalue weighted by atomic mass is 9.98. The second-order valence-corrected chi connectivity index (χ2v) is 8.18. The van der Waals surface area contributed by atoms with Crippen LogP contribution in [0.1, 0.15) is 35.5 Å². The fourth-order valence-electron chi connectivity index (χ4n) is 4.11. The van der Waals surface area contributed by atoms with E-state index < -0.39 is 0 Å². The molecule has 1 saturated heterocycles. The first kappa shape index (κ1) is 21.3. The highest BCUT2D eigenvalue weighted by molar-refractivity contribution is 5.82. The highest BCUT2D eigenvalue weighted by Crippen LogP contribution is 2.22. The van der Waals surface area contributed by atoms with Gasteiger partial charge >= 0.3 is 0 Å². The Morgan fingerprint density at radius 1 is 1.00 bits per heavy atom. The number of hydrogen-bond donors (Lipinski definition) is 1. The van der Waals surface area contributed by atoms with Gasteiger partial charge in [-0.3, -0.25) is 14.6 Å². The van der Waals surface area contributed by atoms with Crippen molar-refractivity contribution in [3.63, 3.8) is 0 Å². The lowest BCUT2D eigenvalue weighted by Crippen LogP contribution is -2.54. The summed E-state index contributed by atoms with van der Waals surface area (Å²) >= 11 is 0. The Morgan fingerprint density at radius 2 is 1.58 bits per heavy atom. The number of carbonyl (C=O) groups is 1. The van der Waals surface area contributed by atoms with E-state index in [1.165, 1.54) is 0 Å². The van der Waals surface area contributed by atoms with E-state index in [9.17, 15) is 4.79 Å². The molecule has 31 heavy (non-hydrogen) atoms. The number of aromatic nitrogens is 1. The molecule has 1 aliphatic rings. The summed E-state index contributed by atoms with van der Waals surface area (Å²) in [5, 5.41) is 7.37. The monoisotopic (exact) mass is 418 g/mol. The number of nitrogens with one attached hydrogen (secondary N) is 1. The Bertz CT molecular complexity index is 926. The third-order valence-corrected chi connectivity index (χ3v) is 5.95. The Kier molecular flexibility index (Phi) is 6.79. The van der Waals surface area contributed by atoms with E-state index in [2.05, 4.69) is 44.5 Å². The predicted molar refractivity (Wildman–Crippen MR) is 120 cm³/mol. The third-order valence-electron chi connectivity index (χ3n) is 5.95. The molecule has 3 aromatic rings. The van der Waals surface area contributed by atoms with Crippen LogP contribution in [0.2, 0.25) is 0 Å². The summed E-state index contributed by atoms with van der Waals surface area (Å²) in [5.41, 5.74) is 3.13. The van der Waals surface area contributed by atoms with E-state index in [-0.39, 0.29) is 18.0 Å². The zero-order valence-corrected chi connectivity index (χ0v) is 18.2. The number of piperazine rings is 1. The molecule has 6 nitrogen and oxygen atoms in total. The summed E-state index contributed by atoms with van der Waals surface area (Å²) in [7, 11) is 0. The van der Waals surface area contributed by atoms with Crippen molar-refractivity contribution in [2.45, 2.75) is 32.5 Å². The minimum absolute atomic E-state index is 0.0540. The zero-order valence-electron chi connectivity index (χ0n) is 18.2. The average molecular weight is 419 g/mol. The van der Waals surface area contributed by atoms with E-state index in [1.807, 2.05) is 56.3 Å². The van der Waals surface area contributed by atoms with Crippen molar-refractivity contribution in [2.24, 2.45) is 0 Å². The van der Waals surface area contributed by atoms with E-state index in [0.717, 1.165) is 55.3 Å². The molecule has 1 atom stereocenters. The minimum atomic E-state index is -0.189. The van der Waals surface area contributed by atoms with Gasteiger partial charge < -0.3 is 9.84 Å². The summed E-state index contributed by atoms with van der Waals surface area (Å²) in [6.45, 7) is 8.22. The first-order valence-corrected chi connectivity index (χ1v) is 10.9. The van der Waals surface area contributed by atoms with Crippen LogP contribution in [-0.2, 0) is 11.3 Å². The van der Waals surface area contributed by atoms with Crippen molar-refractivity contribution in [1.82, 2.24) is 20.3 Å². The highest BCUT2D eigenvalue weighted by atomic mass is 16.5. The SMILES string of the molecule is Cc1cc(CN2CCN([C@H](C)C(=O)NC(c3ccccc3)c3ccccc3)CC2)no1. The number of amides is 1. The topological polar surface area (TPSA) is 61.6 Å². The Labute approximate surface area is 183 Å². The molecule has 0 unspecified atom stereocenters. The molecule has 0 saturated carbocycles. The lowest BCUT2D eigenvalue weighted by molar-refractivity contribution is -0.127. The van der Waals surface area contributed by atoms with Crippen molar-refractivity contribution in [1.29, 1.82) is 0 Å². The van der Waals surface area contributed by atoms with Crippen LogP contribution < -0.4 is 5.32 Å². The van der Waals surface area contributed by atoms with Gasteiger partial charge in [0.05, 0.1) is 17.8 Å². The Balaban J connectivity index is 1.37. The zero-order chi connectivity index (χ0) is 21.6. The van der Waals surface area contributed by atoms with Crippen LogP contribution in [0.4, 0.5) is 0 Å². The summed E-state index contributed by atoms with van der Waals surface area (Å²) in [6.07, 6.45) is 0. The minimum Gasteiger partial charge on any atom is -0.361 e. The number of hydrogen-bond acceptors (Lipinski definition) is 5. The van der Waals surface area contributed by atoms with Crippen molar-refractivity contribution in [3.05, 3.63) is 89.3 Å². The smallest absolute Gasteiger partial charge is 0.237 e. The van der Waals surface area contributed by atoms with Crippen LogP contribution in [0.5, 0.6) is 0 Å². The number of carbonyl (C=O) groups excluding carboxylic acids is 1. The fourth-order valence-corrected chi connectivity index (χ4v) is 4.11. The average Bonchev–Trinajstić information content (AvgIpc) is 3.23. The summed E-state index contributed by atoms with van der Waals surface area (Å²) in [6, 6.07) is 21.9. The summed E-state index contributed by atoms with van der Waals surface area (Å²) in [5.74, 6) is 0.892. The van der Waals surface area contributed by atoms with E-state index in [4.69, 9.17) is 4.52 Å². The normalized spacial score (nSPS) is 16.4. The molecule has 6 heteroatoms. The van der Waals surface area contributed by atoms with Gasteiger partial charge in [-0.15, -0.1) is 0 Å². The number of nitrogens with zero attached hydrogens (tertiary/aromatic N) is 3. The molecule has 1 N–H and O–H groups in total. The van der Waals surface area contributed by atoms with Gasteiger partial charge in [0.15, 0.2) is 0 Å². The molecule has 0 spiro atoms. The molecule has 0 aliphatic carbocycles. The quantitative estimate of drug-likeness (QED) is 0.637. The maximum absolute atomic E-state index is 13.2. The van der Waals surface area contributed by atoms with Gasteiger partial charge in [0.25, 0.3) is 0 Å². The maximum Gasteiger partial charge on any atom is 0.237 e. The maximum atomic E-state index is 13.2. The van der Waals surface area contributed by atoms with Crippen LogP contribution in [0, 0.1) is 6.92 Å². The molecular weight excluding hydrogens is 388 g/mol. The number of rotatable bonds is 7. The Hall–Kier alpha value is -2.96. The highest BCUT2D eigenvalue weighted by Gasteiger charge is 2.28. The number of aryl methyl sites for hydroxylation is 1. The second-order valence-electron chi connectivity index (χ2n) is 8.18. The molecule has 2 aromatic carbocycles. The van der Waals surface area contributed by atoms with Gasteiger partial charge in [-0.25, -0.2) is 0 Å². The van der Waals surface area contributed by atoms with Crippen LogP contribution in [0.3, 0.4) is 0 Å². The number of benzene rings is 2. The van der Waals surface area contributed by atoms with E-state index in [1.54, 1.807) is 0 Å². The molecule has 0 bridgehead atoms. The summed E-state index contributed by atoms with van der Waals surface area (Å²) in [4.78, 5) is 17.8. The molecule has 1 aliphatic heterocycles. The van der Waals surface area contributed by atoms with E-state index >= 15 is 0 Å². The van der Waals surface area contributed by atoms with Crippen LogP contribution >= 0.6 is 0 Å². The van der Waals surface area contributed by atoms with Gasteiger partial charge in [0, 0.05) is 38.8 Å². The molecule has 162 valence electrons. The first-order valence-electron chi connectivity index (χ1n) is 10.9. The van der Waals surface area contributed by atoms with E-state index in [0.29, 0.717) is 0 Å². The molecule has 2 heterocycles. The van der Waals surface area contributed by atoms with Crippen molar-refractivity contribution >= 4 is 5.91 Å². The van der Waals surface area contributed by atoms with Crippen LogP contribution in [-0.4, -0.2) is 53.1 Å². The van der Waals surface area contributed by atoms with Crippen molar-refractivity contribution in [3.8, 4) is 0 Å². The summed E-state index contributed by atoms with van der Waals surface area (Å²) < 4.78 is 5.17. The molecule has 1 fully saturated rings. The molecule has 1 aromatic heterocycles. The molecule has 1 amide bonds. The lowest BCUT2D eigenvalue weighted by Gasteiger charge is -2.37. The van der Waals surface area contributed by atoms with Gasteiger partial charge in [-0.05, 0) is 25.0 Å². The van der Waals surface area contributed by atoms with Gasteiger partial charge in [0.2, 0.25) is 5.91 Å². The van der Waals surface area contributed by atoms with Gasteiger partial charge in [-0.1, -0.05) is 65.8 Å². The first-order chi connectivity index (χ1) is 15.1. The van der Waals surface area contributed by atoms with Gasteiger partial charge in [0.1, 0.15) is 5.76 Å². The predicted octanol–water partition coefficient (Wildman–Crippen LogP) is 3.39. The second kappa shape index (κ2) is 9.90. The van der Waals surface area contributed by atoms with Crippen molar-refractivity contribution < 1.29 is 9.32 Å². The largest absolute Gasteiger partial charge is 0.361 e. The third kappa shape index (κ3) is 5.40. The Morgan fingerprint density at radius 3 is 2.10 bits per heavy atom. The van der Waals surface area contributed by atoms with Crippen LogP contribution in [0.15, 0.2) is 71.3 Å². The fraction of sp³-hybridized carbons (Fsp3) is 0.360. The van der Waals surface area contributed by atoms with Crippen LogP contribution in [0.25, 0.3) is 0 Å². The molecule has 4 rings (SSSR count). The van der Waals surface area contributed by atoms with Gasteiger partial charge in [-0.2, -0.15) is 0 Å². The van der Waals surface area contributed by atoms with Crippen molar-refractivity contribution in [2.75, 3.05) is 26.2 Å².